The van der Waals surface area contributed by atoms with Crippen molar-refractivity contribution in [3.63, 3.8) is 0 Å². The second-order valence-corrected chi connectivity index (χ2v) is 6.12. The number of hydrogen-bond donors (Lipinski definition) is 2. The maximum absolute atomic E-state index is 11.9. The van der Waals surface area contributed by atoms with Gasteiger partial charge in [0, 0.05) is 23.4 Å². The largest absolute Gasteiger partial charge is 0.497 e. The lowest BCUT2D eigenvalue weighted by Crippen LogP contribution is -2.21. The molecule has 0 bridgehead atoms. The van der Waals surface area contributed by atoms with Gasteiger partial charge < -0.3 is 20.1 Å². The maximum Gasteiger partial charge on any atom is 0.306 e. The summed E-state index contributed by atoms with van der Waals surface area (Å²) in [7, 11) is 1.54. The quantitative estimate of drug-likeness (QED) is 0.496. The van der Waals surface area contributed by atoms with Crippen LogP contribution in [0.1, 0.15) is 30.1 Å². The number of amides is 2. The zero-order chi connectivity index (χ0) is 21.2. The predicted octanol–water partition coefficient (Wildman–Crippen LogP) is 2.80. The first-order chi connectivity index (χ1) is 13.9. The number of anilines is 2. The molecule has 2 aromatic rings. The van der Waals surface area contributed by atoms with E-state index in [4.69, 9.17) is 9.47 Å². The Kier molecular flexibility index (Phi) is 7.90. The van der Waals surface area contributed by atoms with Gasteiger partial charge in [0.1, 0.15) is 5.75 Å². The molecule has 0 aliphatic heterocycles. The first-order valence-electron chi connectivity index (χ1n) is 8.88. The van der Waals surface area contributed by atoms with Gasteiger partial charge >= 0.3 is 5.97 Å². The molecule has 2 N–H and O–H groups in total. The van der Waals surface area contributed by atoms with E-state index in [1.807, 2.05) is 0 Å². The van der Waals surface area contributed by atoms with E-state index in [1.165, 1.54) is 14.0 Å². The van der Waals surface area contributed by atoms with E-state index in [2.05, 4.69) is 10.6 Å². The molecule has 0 heterocycles. The summed E-state index contributed by atoms with van der Waals surface area (Å²) in [5.41, 5.74) is 1.61. The Morgan fingerprint density at radius 2 is 1.34 bits per heavy atom. The Balaban J connectivity index is 1.68. The Bertz CT molecular complexity index is 875. The molecule has 2 rings (SSSR count). The van der Waals surface area contributed by atoms with Crippen LogP contribution in [0.2, 0.25) is 0 Å². The summed E-state index contributed by atoms with van der Waals surface area (Å²) in [6.07, 6.45) is -0.249. The topological polar surface area (TPSA) is 111 Å². The zero-order valence-corrected chi connectivity index (χ0v) is 16.2. The van der Waals surface area contributed by atoms with Crippen LogP contribution in [-0.2, 0) is 19.1 Å². The van der Waals surface area contributed by atoms with Gasteiger partial charge in [0.15, 0.2) is 12.4 Å². The molecule has 2 amide bonds. The first kappa shape index (κ1) is 21.6. The van der Waals surface area contributed by atoms with Crippen LogP contribution in [0.25, 0.3) is 0 Å². The number of methoxy groups -OCH3 is 1. The summed E-state index contributed by atoms with van der Waals surface area (Å²) in [5.74, 6) is -0.931. The lowest BCUT2D eigenvalue weighted by Gasteiger charge is -2.08. The number of carbonyl (C=O) groups excluding carboxylic acids is 4. The van der Waals surface area contributed by atoms with Crippen LogP contribution in [0.4, 0.5) is 11.4 Å². The van der Waals surface area contributed by atoms with Crippen molar-refractivity contribution in [2.45, 2.75) is 19.8 Å². The first-order valence-corrected chi connectivity index (χ1v) is 8.88. The second kappa shape index (κ2) is 10.6. The predicted molar refractivity (Wildman–Crippen MR) is 107 cm³/mol. The molecule has 29 heavy (non-hydrogen) atoms. The average molecular weight is 398 g/mol. The van der Waals surface area contributed by atoms with Crippen LogP contribution >= 0.6 is 0 Å². The molecule has 2 aromatic carbocycles. The summed E-state index contributed by atoms with van der Waals surface area (Å²) in [4.78, 5) is 46.6. The zero-order valence-electron chi connectivity index (χ0n) is 16.2. The van der Waals surface area contributed by atoms with E-state index < -0.39 is 18.5 Å². The smallest absolute Gasteiger partial charge is 0.306 e. The molecule has 152 valence electrons. The number of ketones is 1. The van der Waals surface area contributed by atoms with Crippen molar-refractivity contribution in [2.24, 2.45) is 0 Å². The molecular formula is C21H22N2O6. The lowest BCUT2D eigenvalue weighted by molar-refractivity contribution is -0.147. The minimum Gasteiger partial charge on any atom is -0.497 e. The molecule has 0 spiro atoms. The fraction of sp³-hybridized carbons (Fsp3) is 0.238. The molecule has 0 saturated heterocycles. The van der Waals surface area contributed by atoms with Crippen LogP contribution in [0.5, 0.6) is 5.75 Å². The minimum absolute atomic E-state index is 0.0679. The average Bonchev–Trinajstić information content (AvgIpc) is 2.71. The van der Waals surface area contributed by atoms with Crippen molar-refractivity contribution in [1.82, 2.24) is 0 Å². The van der Waals surface area contributed by atoms with Gasteiger partial charge in [-0.25, -0.2) is 0 Å². The second-order valence-electron chi connectivity index (χ2n) is 6.12. The minimum atomic E-state index is -0.656. The number of esters is 1. The fourth-order valence-corrected chi connectivity index (χ4v) is 2.32. The molecule has 0 aliphatic rings. The molecule has 0 fully saturated rings. The SMILES string of the molecule is COc1ccc(NC(=O)COC(=O)CCC(=O)Nc2ccc(C(C)=O)cc2)cc1. The van der Waals surface area contributed by atoms with E-state index in [1.54, 1.807) is 48.5 Å². The van der Waals surface area contributed by atoms with E-state index in [0.717, 1.165) is 0 Å². The Morgan fingerprint density at radius 3 is 1.90 bits per heavy atom. The van der Waals surface area contributed by atoms with Gasteiger partial charge in [-0.2, -0.15) is 0 Å². The van der Waals surface area contributed by atoms with Crippen molar-refractivity contribution < 1.29 is 28.7 Å². The van der Waals surface area contributed by atoms with Gasteiger partial charge in [-0.15, -0.1) is 0 Å². The Hall–Kier alpha value is -3.68. The monoisotopic (exact) mass is 398 g/mol. The van der Waals surface area contributed by atoms with Gasteiger partial charge in [0.25, 0.3) is 5.91 Å². The van der Waals surface area contributed by atoms with Gasteiger partial charge in [0.05, 0.1) is 13.5 Å². The third-order valence-corrected chi connectivity index (χ3v) is 3.87. The Morgan fingerprint density at radius 1 is 0.793 bits per heavy atom. The van der Waals surface area contributed by atoms with Crippen LogP contribution in [0, 0.1) is 0 Å². The highest BCUT2D eigenvalue weighted by molar-refractivity contribution is 5.96. The fourth-order valence-electron chi connectivity index (χ4n) is 2.32. The van der Waals surface area contributed by atoms with E-state index in [-0.39, 0.29) is 24.5 Å². The number of ether oxygens (including phenoxy) is 2. The maximum atomic E-state index is 11.9. The van der Waals surface area contributed by atoms with Gasteiger partial charge in [0.2, 0.25) is 5.91 Å². The molecule has 8 nitrogen and oxygen atoms in total. The van der Waals surface area contributed by atoms with E-state index >= 15 is 0 Å². The van der Waals surface area contributed by atoms with Crippen LogP contribution in [0.3, 0.4) is 0 Å². The standard InChI is InChI=1S/C21H22N2O6/c1-14(24)15-3-5-16(6-4-15)22-19(25)11-12-21(27)29-13-20(26)23-17-7-9-18(28-2)10-8-17/h3-10H,11-13H2,1-2H3,(H,22,25)(H,23,26). The number of carbonyl (C=O) groups is 4. The Labute approximate surface area is 168 Å². The third kappa shape index (κ3) is 7.45. The van der Waals surface area contributed by atoms with Gasteiger partial charge in [-0.1, -0.05) is 0 Å². The number of Topliss-reactive ketones (excluding diaryl/α,β-unsaturated/α-hetero) is 1. The van der Waals surface area contributed by atoms with E-state index in [0.29, 0.717) is 22.7 Å². The lowest BCUT2D eigenvalue weighted by atomic mass is 10.1. The number of benzene rings is 2. The number of hydrogen-bond acceptors (Lipinski definition) is 6. The summed E-state index contributed by atoms with van der Waals surface area (Å²) in [5, 5.41) is 5.21. The molecule has 0 radical (unpaired) electrons. The third-order valence-electron chi connectivity index (χ3n) is 3.87. The summed E-state index contributed by atoms with van der Waals surface area (Å²) >= 11 is 0. The highest BCUT2D eigenvalue weighted by atomic mass is 16.5. The number of nitrogens with one attached hydrogen (secondary N) is 2. The molecule has 0 atom stereocenters. The molecular weight excluding hydrogens is 376 g/mol. The highest BCUT2D eigenvalue weighted by Gasteiger charge is 2.11. The van der Waals surface area contributed by atoms with Crippen molar-refractivity contribution in [2.75, 3.05) is 24.4 Å². The molecule has 0 aromatic heterocycles. The van der Waals surface area contributed by atoms with Crippen molar-refractivity contribution in [3.8, 4) is 5.75 Å². The van der Waals surface area contributed by atoms with E-state index in [9.17, 15) is 19.2 Å². The van der Waals surface area contributed by atoms with Gasteiger partial charge in [-0.05, 0) is 55.5 Å². The molecule has 0 unspecified atom stereocenters. The number of rotatable bonds is 9. The van der Waals surface area contributed by atoms with Crippen LogP contribution < -0.4 is 15.4 Å². The summed E-state index contributed by atoms with van der Waals surface area (Å²) in [6, 6.07) is 13.1. The summed E-state index contributed by atoms with van der Waals surface area (Å²) < 4.78 is 9.89. The van der Waals surface area contributed by atoms with Crippen LogP contribution in [0.15, 0.2) is 48.5 Å². The van der Waals surface area contributed by atoms with Crippen molar-refractivity contribution in [3.05, 3.63) is 54.1 Å². The molecule has 0 saturated carbocycles. The van der Waals surface area contributed by atoms with Gasteiger partial charge in [-0.3, -0.25) is 19.2 Å². The molecule has 8 heteroatoms. The summed E-state index contributed by atoms with van der Waals surface area (Å²) in [6.45, 7) is 1.01. The van der Waals surface area contributed by atoms with Crippen molar-refractivity contribution >= 4 is 34.9 Å². The van der Waals surface area contributed by atoms with Crippen LogP contribution in [-0.4, -0.2) is 37.3 Å². The normalized spacial score (nSPS) is 10.0. The highest BCUT2D eigenvalue weighted by Crippen LogP contribution is 2.15. The van der Waals surface area contributed by atoms with Crippen molar-refractivity contribution in [1.29, 1.82) is 0 Å². The molecule has 0 aliphatic carbocycles.